The Labute approximate surface area is 164 Å². The quantitative estimate of drug-likeness (QED) is 0.820. The minimum Gasteiger partial charge on any atom is -0.490 e. The first kappa shape index (κ1) is 20.1. The van der Waals surface area contributed by atoms with E-state index in [9.17, 15) is 17.6 Å². The number of amides is 1. The molecule has 0 fully saturated rings. The van der Waals surface area contributed by atoms with Crippen molar-refractivity contribution in [3.05, 3.63) is 48.3 Å². The van der Waals surface area contributed by atoms with Gasteiger partial charge in [-0.1, -0.05) is 6.92 Å². The van der Waals surface area contributed by atoms with E-state index in [1.54, 1.807) is 23.1 Å². The number of hydrogen-bond acceptors (Lipinski definition) is 4. The molecule has 2 aromatic rings. The normalized spacial score (nSPS) is 16.1. The summed E-state index contributed by atoms with van der Waals surface area (Å²) in [5.41, 5.74) is 0.218. The summed E-state index contributed by atoms with van der Waals surface area (Å²) in [6.45, 7) is 6.35. The number of rotatable bonds is 5. The van der Waals surface area contributed by atoms with Gasteiger partial charge in [-0.25, -0.2) is 12.8 Å². The van der Waals surface area contributed by atoms with E-state index >= 15 is 0 Å². The molecule has 3 rings (SSSR count). The van der Waals surface area contributed by atoms with Gasteiger partial charge in [0.2, 0.25) is 5.91 Å². The Balaban J connectivity index is 1.94. The van der Waals surface area contributed by atoms with Gasteiger partial charge in [0.1, 0.15) is 18.2 Å². The highest BCUT2D eigenvalue weighted by Gasteiger charge is 2.37. The zero-order chi connectivity index (χ0) is 20.5. The number of nitrogens with zero attached hydrogens (tertiary/aromatic N) is 1. The SMILES string of the molecule is CCCN1C(=O)C(C)(C)COc2cc(NS(=O)(=O)c3ccc(F)cc3)ccc21. The topological polar surface area (TPSA) is 75.7 Å². The number of hydrogen-bond donors (Lipinski definition) is 1. The van der Waals surface area contributed by atoms with Crippen LogP contribution in [0.1, 0.15) is 27.2 Å². The molecule has 0 radical (unpaired) electrons. The lowest BCUT2D eigenvalue weighted by atomic mass is 9.93. The number of sulfonamides is 1. The van der Waals surface area contributed by atoms with Crippen LogP contribution in [-0.4, -0.2) is 27.5 Å². The molecule has 2 aromatic carbocycles. The van der Waals surface area contributed by atoms with Gasteiger partial charge in [0.15, 0.2) is 0 Å². The molecule has 0 saturated heterocycles. The minimum absolute atomic E-state index is 0.0345. The van der Waals surface area contributed by atoms with Crippen LogP contribution in [0, 0.1) is 11.2 Å². The standard InChI is InChI=1S/C20H23FN2O4S/c1-4-11-23-17-10-7-15(12-18(17)27-13-20(2,3)19(23)24)22-28(25,26)16-8-5-14(21)6-9-16/h5-10,12,22H,4,11,13H2,1-3H3. The number of nitrogens with one attached hydrogen (secondary N) is 1. The molecule has 1 aliphatic heterocycles. The maximum Gasteiger partial charge on any atom is 0.261 e. The van der Waals surface area contributed by atoms with Gasteiger partial charge in [-0.05, 0) is 56.7 Å². The van der Waals surface area contributed by atoms with Crippen LogP contribution >= 0.6 is 0 Å². The van der Waals surface area contributed by atoms with Crippen LogP contribution in [0.15, 0.2) is 47.4 Å². The summed E-state index contributed by atoms with van der Waals surface area (Å²) in [6, 6.07) is 9.39. The molecule has 1 N–H and O–H groups in total. The van der Waals surface area contributed by atoms with Crippen LogP contribution in [0.5, 0.6) is 5.75 Å². The Morgan fingerprint density at radius 3 is 2.50 bits per heavy atom. The fourth-order valence-corrected chi connectivity index (χ4v) is 4.03. The molecule has 0 atom stereocenters. The first-order valence-corrected chi connectivity index (χ1v) is 10.5. The summed E-state index contributed by atoms with van der Waals surface area (Å²) in [5.74, 6) is -0.111. The van der Waals surface area contributed by atoms with Crippen LogP contribution in [0.2, 0.25) is 0 Å². The van der Waals surface area contributed by atoms with Crippen molar-refractivity contribution in [2.75, 3.05) is 22.8 Å². The van der Waals surface area contributed by atoms with Crippen molar-refractivity contribution in [2.24, 2.45) is 5.41 Å². The second-order valence-electron chi connectivity index (χ2n) is 7.37. The zero-order valence-electron chi connectivity index (χ0n) is 16.0. The Kier molecular flexibility index (Phi) is 5.34. The minimum atomic E-state index is -3.88. The van der Waals surface area contributed by atoms with E-state index in [2.05, 4.69) is 4.72 Å². The number of anilines is 2. The van der Waals surface area contributed by atoms with Gasteiger partial charge in [-0.3, -0.25) is 9.52 Å². The Bertz CT molecular complexity index is 988. The largest absolute Gasteiger partial charge is 0.490 e. The Morgan fingerprint density at radius 1 is 1.18 bits per heavy atom. The molecular weight excluding hydrogens is 383 g/mol. The molecule has 0 unspecified atom stereocenters. The molecule has 8 heteroatoms. The summed E-state index contributed by atoms with van der Waals surface area (Å²) < 4.78 is 46.4. The monoisotopic (exact) mass is 406 g/mol. The highest BCUT2D eigenvalue weighted by molar-refractivity contribution is 7.92. The van der Waals surface area contributed by atoms with Crippen molar-refractivity contribution in [3.63, 3.8) is 0 Å². The Morgan fingerprint density at radius 2 is 1.86 bits per heavy atom. The third-order valence-corrected chi connectivity index (χ3v) is 5.88. The average molecular weight is 406 g/mol. The summed E-state index contributed by atoms with van der Waals surface area (Å²) in [7, 11) is -3.88. The molecule has 0 bridgehead atoms. The predicted octanol–water partition coefficient (Wildman–Crippen LogP) is 3.79. The summed E-state index contributed by atoms with van der Waals surface area (Å²) in [5, 5.41) is 0. The van der Waals surface area contributed by atoms with Crippen molar-refractivity contribution >= 4 is 27.3 Å². The zero-order valence-corrected chi connectivity index (χ0v) is 16.8. The van der Waals surface area contributed by atoms with Gasteiger partial charge in [-0.15, -0.1) is 0 Å². The number of ether oxygens (including phenoxy) is 1. The molecule has 6 nitrogen and oxygen atoms in total. The fraction of sp³-hybridized carbons (Fsp3) is 0.350. The molecule has 0 aromatic heterocycles. The maximum atomic E-state index is 13.1. The van der Waals surface area contributed by atoms with E-state index in [-0.39, 0.29) is 17.4 Å². The first-order chi connectivity index (χ1) is 13.1. The van der Waals surface area contributed by atoms with Gasteiger partial charge >= 0.3 is 0 Å². The van der Waals surface area contributed by atoms with Crippen LogP contribution in [0.3, 0.4) is 0 Å². The average Bonchev–Trinajstić information content (AvgIpc) is 2.72. The first-order valence-electron chi connectivity index (χ1n) is 9.01. The summed E-state index contributed by atoms with van der Waals surface area (Å²) >= 11 is 0. The van der Waals surface area contributed by atoms with Crippen molar-refractivity contribution in [1.29, 1.82) is 0 Å². The molecule has 1 aliphatic rings. The van der Waals surface area contributed by atoms with E-state index in [1.165, 1.54) is 12.1 Å². The van der Waals surface area contributed by atoms with Gasteiger partial charge in [0.05, 0.1) is 21.7 Å². The van der Waals surface area contributed by atoms with E-state index < -0.39 is 21.3 Å². The highest BCUT2D eigenvalue weighted by atomic mass is 32.2. The molecule has 1 amide bonds. The second-order valence-corrected chi connectivity index (χ2v) is 9.05. The van der Waals surface area contributed by atoms with E-state index in [4.69, 9.17) is 4.74 Å². The molecule has 0 aliphatic carbocycles. The molecule has 28 heavy (non-hydrogen) atoms. The number of benzene rings is 2. The van der Waals surface area contributed by atoms with Crippen LogP contribution in [-0.2, 0) is 14.8 Å². The molecule has 0 spiro atoms. The van der Waals surface area contributed by atoms with E-state index in [0.29, 0.717) is 23.7 Å². The van der Waals surface area contributed by atoms with Crippen LogP contribution in [0.4, 0.5) is 15.8 Å². The van der Waals surface area contributed by atoms with Gasteiger partial charge in [0, 0.05) is 12.6 Å². The third kappa shape index (κ3) is 3.96. The summed E-state index contributed by atoms with van der Waals surface area (Å²) in [4.78, 5) is 14.5. The van der Waals surface area contributed by atoms with Crippen molar-refractivity contribution in [1.82, 2.24) is 0 Å². The van der Waals surface area contributed by atoms with Gasteiger partial charge in [-0.2, -0.15) is 0 Å². The highest BCUT2D eigenvalue weighted by Crippen LogP contribution is 2.38. The predicted molar refractivity (Wildman–Crippen MR) is 106 cm³/mol. The molecule has 0 saturated carbocycles. The smallest absolute Gasteiger partial charge is 0.261 e. The fourth-order valence-electron chi connectivity index (χ4n) is 2.98. The molecule has 1 heterocycles. The Hall–Kier alpha value is -2.61. The van der Waals surface area contributed by atoms with Crippen LogP contribution in [0.25, 0.3) is 0 Å². The lowest BCUT2D eigenvalue weighted by Crippen LogP contribution is -2.42. The van der Waals surface area contributed by atoms with E-state index in [1.807, 2.05) is 20.8 Å². The maximum absolute atomic E-state index is 13.1. The number of fused-ring (bicyclic) bond motifs is 1. The van der Waals surface area contributed by atoms with E-state index in [0.717, 1.165) is 18.6 Å². The lowest BCUT2D eigenvalue weighted by Gasteiger charge is -2.27. The van der Waals surface area contributed by atoms with Gasteiger partial charge < -0.3 is 9.64 Å². The summed E-state index contributed by atoms with van der Waals surface area (Å²) in [6.07, 6.45) is 0.778. The lowest BCUT2D eigenvalue weighted by molar-refractivity contribution is -0.127. The number of carbonyl (C=O) groups is 1. The molecular formula is C20H23FN2O4S. The van der Waals surface area contributed by atoms with Gasteiger partial charge in [0.25, 0.3) is 10.0 Å². The van der Waals surface area contributed by atoms with Crippen molar-refractivity contribution < 1.29 is 22.3 Å². The number of halogens is 1. The molecule has 150 valence electrons. The second kappa shape index (κ2) is 7.43. The van der Waals surface area contributed by atoms with Crippen LogP contribution < -0.4 is 14.4 Å². The van der Waals surface area contributed by atoms with Crippen molar-refractivity contribution in [2.45, 2.75) is 32.1 Å². The number of carbonyl (C=O) groups excluding carboxylic acids is 1. The van der Waals surface area contributed by atoms with Crippen molar-refractivity contribution in [3.8, 4) is 5.75 Å². The third-order valence-electron chi connectivity index (χ3n) is 4.49.